The van der Waals surface area contributed by atoms with Crippen molar-refractivity contribution in [2.75, 3.05) is 20.3 Å². The van der Waals surface area contributed by atoms with Gasteiger partial charge >= 0.3 is 0 Å². The fourth-order valence-electron chi connectivity index (χ4n) is 2.07. The largest absolute Gasteiger partial charge is 0.493 e. The van der Waals surface area contributed by atoms with Crippen molar-refractivity contribution in [3.63, 3.8) is 0 Å². The molecule has 1 aromatic carbocycles. The Balaban J connectivity index is 2.26. The van der Waals surface area contributed by atoms with Gasteiger partial charge in [0.05, 0.1) is 7.11 Å². The number of rotatable bonds is 6. The molecule has 5 nitrogen and oxygen atoms in total. The minimum atomic E-state index is -0.126. The number of benzene rings is 1. The van der Waals surface area contributed by atoms with E-state index in [2.05, 4.69) is 11.9 Å². The highest BCUT2D eigenvalue weighted by molar-refractivity contribution is 7.80. The topological polar surface area (TPSA) is 50.8 Å². The van der Waals surface area contributed by atoms with Crippen LogP contribution >= 0.6 is 12.2 Å². The minimum Gasteiger partial charge on any atom is -0.493 e. The third-order valence-corrected chi connectivity index (χ3v) is 3.46. The van der Waals surface area contributed by atoms with Gasteiger partial charge in [-0.25, -0.2) is 0 Å². The highest BCUT2D eigenvalue weighted by Gasteiger charge is 2.28. The molecule has 0 atom stereocenters. The first-order valence-corrected chi connectivity index (χ1v) is 7.27. The summed E-state index contributed by atoms with van der Waals surface area (Å²) in [6, 6.07) is 5.45. The summed E-state index contributed by atoms with van der Waals surface area (Å²) in [6.07, 6.45) is 3.40. The summed E-state index contributed by atoms with van der Waals surface area (Å²) in [5, 5.41) is 3.35. The molecule has 1 aliphatic heterocycles. The standard InChI is InChI=1S/C16H18N2O3S/c1-4-8-21-13-7-6-11(10-14(13)20-3)9-12-15(19)18(5-2)16(22)17-12/h4,6-7,9-10H,1,5,8H2,2-3H3,(H,17,22)/b12-9+. The smallest absolute Gasteiger partial charge is 0.276 e. The predicted octanol–water partition coefficient (Wildman–Crippen LogP) is 2.34. The van der Waals surface area contributed by atoms with E-state index >= 15 is 0 Å². The van der Waals surface area contributed by atoms with E-state index in [9.17, 15) is 4.79 Å². The van der Waals surface area contributed by atoms with Crippen LogP contribution in [0.15, 0.2) is 36.6 Å². The van der Waals surface area contributed by atoms with Crippen molar-refractivity contribution in [3.8, 4) is 11.5 Å². The maximum atomic E-state index is 12.2. The van der Waals surface area contributed by atoms with Gasteiger partial charge in [-0.05, 0) is 42.9 Å². The maximum absolute atomic E-state index is 12.2. The fourth-order valence-corrected chi connectivity index (χ4v) is 2.39. The molecule has 6 heteroatoms. The molecule has 0 unspecified atom stereocenters. The number of hydrogen-bond donors (Lipinski definition) is 1. The summed E-state index contributed by atoms with van der Waals surface area (Å²) in [6.45, 7) is 6.43. The first kappa shape index (κ1) is 16.0. The molecule has 1 heterocycles. The summed E-state index contributed by atoms with van der Waals surface area (Å²) in [5.74, 6) is 1.09. The van der Waals surface area contributed by atoms with Gasteiger partial charge in [-0.15, -0.1) is 0 Å². The maximum Gasteiger partial charge on any atom is 0.276 e. The van der Waals surface area contributed by atoms with Gasteiger partial charge in [-0.1, -0.05) is 18.7 Å². The van der Waals surface area contributed by atoms with Gasteiger partial charge in [0, 0.05) is 6.54 Å². The van der Waals surface area contributed by atoms with E-state index in [0.717, 1.165) is 5.56 Å². The Morgan fingerprint density at radius 3 is 2.77 bits per heavy atom. The molecule has 1 N–H and O–H groups in total. The molecule has 0 bridgehead atoms. The molecule has 116 valence electrons. The van der Waals surface area contributed by atoms with Gasteiger partial charge < -0.3 is 14.8 Å². The van der Waals surface area contributed by atoms with Gasteiger partial charge in [0.2, 0.25) is 0 Å². The molecular formula is C16H18N2O3S. The van der Waals surface area contributed by atoms with Gasteiger partial charge in [-0.3, -0.25) is 9.69 Å². The van der Waals surface area contributed by atoms with Gasteiger partial charge in [-0.2, -0.15) is 0 Å². The second kappa shape index (κ2) is 7.09. The Morgan fingerprint density at radius 1 is 1.41 bits per heavy atom. The van der Waals surface area contributed by atoms with Crippen LogP contribution in [0.5, 0.6) is 11.5 Å². The lowest BCUT2D eigenvalue weighted by Crippen LogP contribution is -2.30. The molecule has 0 radical (unpaired) electrons. The molecule has 1 fully saturated rings. The monoisotopic (exact) mass is 318 g/mol. The van der Waals surface area contributed by atoms with E-state index in [0.29, 0.717) is 35.5 Å². The highest BCUT2D eigenvalue weighted by atomic mass is 32.1. The van der Waals surface area contributed by atoms with Crippen molar-refractivity contribution in [2.45, 2.75) is 6.92 Å². The first-order chi connectivity index (χ1) is 10.6. The lowest BCUT2D eigenvalue weighted by atomic mass is 10.1. The molecule has 0 aliphatic carbocycles. The zero-order valence-electron chi connectivity index (χ0n) is 12.6. The second-order valence-corrected chi connectivity index (χ2v) is 4.93. The number of ether oxygens (including phenoxy) is 2. The quantitative estimate of drug-likeness (QED) is 0.496. The van der Waals surface area contributed by atoms with E-state index in [4.69, 9.17) is 21.7 Å². The summed E-state index contributed by atoms with van der Waals surface area (Å²) < 4.78 is 10.8. The molecule has 1 aliphatic rings. The van der Waals surface area contributed by atoms with Crippen molar-refractivity contribution < 1.29 is 14.3 Å². The van der Waals surface area contributed by atoms with E-state index in [-0.39, 0.29) is 5.91 Å². The molecular weight excluding hydrogens is 300 g/mol. The van der Waals surface area contributed by atoms with Gasteiger partial charge in [0.25, 0.3) is 5.91 Å². The van der Waals surface area contributed by atoms with Crippen LogP contribution in [0.4, 0.5) is 0 Å². The Labute approximate surface area is 135 Å². The normalized spacial score (nSPS) is 15.9. The Bertz CT molecular complexity index is 640. The van der Waals surface area contributed by atoms with Gasteiger partial charge in [0.15, 0.2) is 16.6 Å². The summed E-state index contributed by atoms with van der Waals surface area (Å²) in [5.41, 5.74) is 1.27. The van der Waals surface area contributed by atoms with E-state index < -0.39 is 0 Å². The van der Waals surface area contributed by atoms with Crippen LogP contribution in [0, 0.1) is 0 Å². The number of nitrogens with one attached hydrogen (secondary N) is 1. The Hall–Kier alpha value is -2.34. The number of carbonyl (C=O) groups excluding carboxylic acids is 1. The van der Waals surface area contributed by atoms with Gasteiger partial charge in [0.1, 0.15) is 12.3 Å². The molecule has 0 spiro atoms. The lowest BCUT2D eigenvalue weighted by molar-refractivity contribution is -0.122. The minimum absolute atomic E-state index is 0.126. The first-order valence-electron chi connectivity index (χ1n) is 6.87. The van der Waals surface area contributed by atoms with Crippen LogP contribution in [0.1, 0.15) is 12.5 Å². The molecule has 1 saturated heterocycles. The number of carbonyl (C=O) groups is 1. The van der Waals surface area contributed by atoms with Crippen molar-refractivity contribution in [1.29, 1.82) is 0 Å². The molecule has 0 saturated carbocycles. The van der Waals surface area contributed by atoms with Crippen molar-refractivity contribution in [3.05, 3.63) is 42.1 Å². The second-order valence-electron chi connectivity index (χ2n) is 4.55. The van der Waals surface area contributed by atoms with Crippen LogP contribution in [0.3, 0.4) is 0 Å². The van der Waals surface area contributed by atoms with Crippen molar-refractivity contribution in [1.82, 2.24) is 10.2 Å². The number of amides is 1. The lowest BCUT2D eigenvalue weighted by Gasteiger charge is -2.10. The third kappa shape index (κ3) is 3.28. The average Bonchev–Trinajstić information content (AvgIpc) is 2.79. The fraction of sp³-hybridized carbons (Fsp3) is 0.250. The van der Waals surface area contributed by atoms with Crippen molar-refractivity contribution >= 4 is 29.3 Å². The number of likely N-dealkylation sites (N-methyl/N-ethyl adjacent to an activating group) is 1. The Morgan fingerprint density at radius 2 is 2.18 bits per heavy atom. The molecule has 1 amide bonds. The Kier molecular flexibility index (Phi) is 5.16. The zero-order chi connectivity index (χ0) is 16.1. The summed E-state index contributed by atoms with van der Waals surface area (Å²) in [4.78, 5) is 13.7. The number of hydrogen-bond acceptors (Lipinski definition) is 4. The summed E-state index contributed by atoms with van der Waals surface area (Å²) >= 11 is 5.13. The molecule has 22 heavy (non-hydrogen) atoms. The molecule has 2 rings (SSSR count). The molecule has 0 aromatic heterocycles. The van der Waals surface area contributed by atoms with E-state index in [1.807, 2.05) is 13.0 Å². The number of methoxy groups -OCH3 is 1. The number of thiocarbonyl (C=S) groups is 1. The van der Waals surface area contributed by atoms with Crippen LogP contribution in [0.2, 0.25) is 0 Å². The highest BCUT2D eigenvalue weighted by Crippen LogP contribution is 2.29. The van der Waals surface area contributed by atoms with Crippen LogP contribution in [-0.4, -0.2) is 36.2 Å². The van der Waals surface area contributed by atoms with Crippen molar-refractivity contribution in [2.24, 2.45) is 0 Å². The van der Waals surface area contributed by atoms with Crippen LogP contribution in [-0.2, 0) is 4.79 Å². The summed E-state index contributed by atoms with van der Waals surface area (Å²) in [7, 11) is 1.57. The van der Waals surface area contributed by atoms with E-state index in [1.165, 1.54) is 4.90 Å². The zero-order valence-corrected chi connectivity index (χ0v) is 13.4. The third-order valence-electron chi connectivity index (χ3n) is 3.13. The molecule has 1 aromatic rings. The number of nitrogens with zero attached hydrogens (tertiary/aromatic N) is 1. The predicted molar refractivity (Wildman–Crippen MR) is 89.8 cm³/mol. The van der Waals surface area contributed by atoms with E-state index in [1.54, 1.807) is 31.4 Å². The van der Waals surface area contributed by atoms with Crippen LogP contribution < -0.4 is 14.8 Å². The SMILES string of the molecule is C=CCOc1ccc(/C=C2/NC(=S)N(CC)C2=O)cc1OC. The average molecular weight is 318 g/mol. The van der Waals surface area contributed by atoms with Crippen LogP contribution in [0.25, 0.3) is 6.08 Å².